The molecule has 120 valence electrons. The third kappa shape index (κ3) is 3.18. The molecule has 2 aliphatic rings. The first kappa shape index (κ1) is 14.5. The third-order valence-electron chi connectivity index (χ3n) is 4.64. The summed E-state index contributed by atoms with van der Waals surface area (Å²) in [4.78, 5) is 15.9. The lowest BCUT2D eigenvalue weighted by atomic mass is 10.1. The topological polar surface area (TPSA) is 66.0 Å². The normalized spacial score (nSPS) is 18.8. The number of hydrogen-bond donors (Lipinski definition) is 2. The highest BCUT2D eigenvalue weighted by atomic mass is 15.2. The molecule has 0 aromatic carbocycles. The van der Waals surface area contributed by atoms with Crippen LogP contribution in [-0.2, 0) is 13.1 Å². The lowest BCUT2D eigenvalue weighted by Gasteiger charge is -2.30. The maximum absolute atomic E-state index is 4.72. The van der Waals surface area contributed by atoms with Gasteiger partial charge in [-0.3, -0.25) is 9.88 Å². The van der Waals surface area contributed by atoms with Crippen LogP contribution in [-0.4, -0.2) is 39.0 Å². The first-order chi connectivity index (χ1) is 11.3. The quantitative estimate of drug-likeness (QED) is 0.904. The second-order valence-corrected chi connectivity index (χ2v) is 6.43. The number of rotatable bonds is 3. The number of aryl methyl sites for hydroxylation is 1. The van der Waals surface area contributed by atoms with E-state index in [4.69, 9.17) is 4.98 Å². The monoisotopic (exact) mass is 310 g/mol. The van der Waals surface area contributed by atoms with Crippen molar-refractivity contribution in [1.82, 2.24) is 25.2 Å². The number of nitrogens with one attached hydrogen (secondary N) is 2. The molecule has 0 spiro atoms. The fraction of sp³-hybridized carbons (Fsp3) is 0.471. The molecular formula is C17H22N6. The van der Waals surface area contributed by atoms with E-state index in [1.807, 2.05) is 25.4 Å². The minimum Gasteiger partial charge on any atom is -0.323 e. The number of pyridine rings is 1. The van der Waals surface area contributed by atoms with Crippen LogP contribution in [0.3, 0.4) is 0 Å². The Hall–Kier alpha value is -2.05. The predicted molar refractivity (Wildman–Crippen MR) is 89.4 cm³/mol. The molecule has 1 fully saturated rings. The Bertz CT molecular complexity index is 695. The van der Waals surface area contributed by atoms with Gasteiger partial charge in [-0.15, -0.1) is 0 Å². The molecule has 4 rings (SSSR count). The number of piperidine rings is 1. The van der Waals surface area contributed by atoms with Crippen LogP contribution in [0.25, 0.3) is 0 Å². The zero-order valence-corrected chi connectivity index (χ0v) is 13.4. The van der Waals surface area contributed by atoms with Crippen LogP contribution < -0.4 is 10.6 Å². The van der Waals surface area contributed by atoms with Gasteiger partial charge in [0.25, 0.3) is 0 Å². The van der Waals surface area contributed by atoms with Crippen molar-refractivity contribution in [2.45, 2.75) is 38.9 Å². The van der Waals surface area contributed by atoms with Crippen LogP contribution in [0.2, 0.25) is 0 Å². The molecule has 0 bridgehead atoms. The number of aromatic nitrogens is 3. The molecule has 6 heteroatoms. The van der Waals surface area contributed by atoms with Crippen molar-refractivity contribution in [2.24, 2.45) is 0 Å². The third-order valence-corrected chi connectivity index (χ3v) is 4.64. The van der Waals surface area contributed by atoms with Gasteiger partial charge in [0, 0.05) is 37.1 Å². The maximum atomic E-state index is 4.72. The van der Waals surface area contributed by atoms with Crippen molar-refractivity contribution in [3.8, 4) is 0 Å². The Kier molecular flexibility index (Phi) is 3.93. The van der Waals surface area contributed by atoms with Gasteiger partial charge in [0.2, 0.25) is 5.95 Å². The van der Waals surface area contributed by atoms with E-state index in [2.05, 4.69) is 25.5 Å². The molecule has 2 N–H and O–H groups in total. The summed E-state index contributed by atoms with van der Waals surface area (Å²) >= 11 is 0. The summed E-state index contributed by atoms with van der Waals surface area (Å²) in [6, 6.07) is 2.72. The van der Waals surface area contributed by atoms with Crippen molar-refractivity contribution < 1.29 is 0 Å². The molecule has 0 unspecified atom stereocenters. The average Bonchev–Trinajstić information content (AvgIpc) is 2.99. The fourth-order valence-corrected chi connectivity index (χ4v) is 3.42. The van der Waals surface area contributed by atoms with Gasteiger partial charge in [0.05, 0.1) is 17.6 Å². The van der Waals surface area contributed by atoms with Crippen LogP contribution in [0.5, 0.6) is 0 Å². The predicted octanol–water partition coefficient (Wildman–Crippen LogP) is 1.99. The fourth-order valence-electron chi connectivity index (χ4n) is 3.42. The molecule has 2 aromatic rings. The molecule has 23 heavy (non-hydrogen) atoms. The Labute approximate surface area is 136 Å². The van der Waals surface area contributed by atoms with Crippen molar-refractivity contribution in [2.75, 3.05) is 18.4 Å². The molecule has 1 saturated heterocycles. The van der Waals surface area contributed by atoms with Gasteiger partial charge in [0.15, 0.2) is 0 Å². The Balaban J connectivity index is 1.48. The molecule has 6 nitrogen and oxygen atoms in total. The summed E-state index contributed by atoms with van der Waals surface area (Å²) in [5.41, 5.74) is 4.46. The summed E-state index contributed by atoms with van der Waals surface area (Å²) in [6.07, 6.45) is 8.05. The highest BCUT2D eigenvalue weighted by Gasteiger charge is 2.28. The summed E-state index contributed by atoms with van der Waals surface area (Å²) in [5, 5.41) is 6.69. The number of nitrogens with zero attached hydrogens (tertiary/aromatic N) is 4. The minimum absolute atomic E-state index is 0.656. The van der Waals surface area contributed by atoms with E-state index >= 15 is 0 Å². The van der Waals surface area contributed by atoms with Gasteiger partial charge >= 0.3 is 0 Å². The van der Waals surface area contributed by atoms with Crippen LogP contribution in [0.1, 0.15) is 29.7 Å². The second-order valence-electron chi connectivity index (χ2n) is 6.43. The Morgan fingerprint density at radius 1 is 1.17 bits per heavy atom. The van der Waals surface area contributed by atoms with Crippen molar-refractivity contribution in [1.29, 1.82) is 0 Å². The molecule has 0 amide bonds. The number of anilines is 2. The van der Waals surface area contributed by atoms with Gasteiger partial charge in [-0.05, 0) is 44.5 Å². The van der Waals surface area contributed by atoms with Gasteiger partial charge in [-0.25, -0.2) is 9.97 Å². The summed E-state index contributed by atoms with van der Waals surface area (Å²) in [6.45, 7) is 6.18. The van der Waals surface area contributed by atoms with Crippen molar-refractivity contribution in [3.05, 3.63) is 41.5 Å². The largest absolute Gasteiger partial charge is 0.323 e. The molecular weight excluding hydrogens is 288 g/mol. The van der Waals surface area contributed by atoms with Gasteiger partial charge in [0.1, 0.15) is 0 Å². The van der Waals surface area contributed by atoms with Gasteiger partial charge < -0.3 is 10.6 Å². The average molecular weight is 310 g/mol. The van der Waals surface area contributed by atoms with E-state index in [9.17, 15) is 0 Å². The van der Waals surface area contributed by atoms with Crippen molar-refractivity contribution in [3.63, 3.8) is 0 Å². The van der Waals surface area contributed by atoms with Crippen LogP contribution in [0, 0.1) is 6.92 Å². The Morgan fingerprint density at radius 3 is 2.87 bits per heavy atom. The van der Waals surface area contributed by atoms with Crippen LogP contribution in [0.15, 0.2) is 24.7 Å². The SMILES string of the molecule is Cc1cncc(Nc2ncc3c(n2)CN(C2CCNCC2)C3)c1. The Morgan fingerprint density at radius 2 is 2.04 bits per heavy atom. The first-order valence-electron chi connectivity index (χ1n) is 8.26. The van der Waals surface area contributed by atoms with Crippen LogP contribution >= 0.6 is 0 Å². The summed E-state index contributed by atoms with van der Waals surface area (Å²) in [7, 11) is 0. The zero-order valence-electron chi connectivity index (χ0n) is 13.4. The van der Waals surface area contributed by atoms with E-state index in [0.29, 0.717) is 12.0 Å². The molecule has 0 aliphatic carbocycles. The lowest BCUT2D eigenvalue weighted by Crippen LogP contribution is -2.40. The lowest BCUT2D eigenvalue weighted by molar-refractivity contribution is 0.162. The first-order valence-corrected chi connectivity index (χ1v) is 8.26. The van der Waals surface area contributed by atoms with Gasteiger partial charge in [-0.2, -0.15) is 0 Å². The van der Waals surface area contributed by atoms with Crippen molar-refractivity contribution >= 4 is 11.6 Å². The molecule has 2 aliphatic heterocycles. The molecule has 2 aromatic heterocycles. The highest BCUT2D eigenvalue weighted by Crippen LogP contribution is 2.26. The van der Waals surface area contributed by atoms with Crippen LogP contribution in [0.4, 0.5) is 11.6 Å². The second kappa shape index (κ2) is 6.22. The highest BCUT2D eigenvalue weighted by molar-refractivity contribution is 5.52. The summed E-state index contributed by atoms with van der Waals surface area (Å²) in [5.74, 6) is 0.656. The molecule has 4 heterocycles. The minimum atomic E-state index is 0.656. The number of fused-ring (bicyclic) bond motifs is 1. The molecule has 0 radical (unpaired) electrons. The number of hydrogen-bond acceptors (Lipinski definition) is 6. The summed E-state index contributed by atoms with van der Waals surface area (Å²) < 4.78 is 0. The smallest absolute Gasteiger partial charge is 0.227 e. The maximum Gasteiger partial charge on any atom is 0.227 e. The standard InChI is InChI=1S/C17H22N6/c1-12-6-14(9-19-7-12)21-17-20-8-13-10-23(11-16(13)22-17)15-2-4-18-5-3-15/h6-9,15,18H,2-5,10-11H2,1H3,(H,20,21,22). The van der Waals surface area contributed by atoms with Gasteiger partial charge in [-0.1, -0.05) is 0 Å². The van der Waals surface area contributed by atoms with E-state index in [1.165, 1.54) is 18.4 Å². The van der Waals surface area contributed by atoms with E-state index in [0.717, 1.165) is 43.1 Å². The van der Waals surface area contributed by atoms with E-state index in [1.54, 1.807) is 6.20 Å². The van der Waals surface area contributed by atoms with E-state index < -0.39 is 0 Å². The van der Waals surface area contributed by atoms with E-state index in [-0.39, 0.29) is 0 Å². The molecule has 0 saturated carbocycles. The zero-order chi connectivity index (χ0) is 15.6. The molecule has 0 atom stereocenters.